The van der Waals surface area contributed by atoms with Gasteiger partial charge in [0.25, 0.3) is 5.91 Å². The van der Waals surface area contributed by atoms with Gasteiger partial charge in [-0.1, -0.05) is 11.8 Å². The van der Waals surface area contributed by atoms with Crippen molar-refractivity contribution >= 4 is 17.7 Å². The van der Waals surface area contributed by atoms with Crippen LogP contribution in [-0.2, 0) is 4.79 Å². The SMILES string of the molecule is O=C([C@@H]1CSC(c2ccc[nH+]c2)[NH2+]1)N1CCCCC1.[Cl-].[Cl-]. The monoisotopic (exact) mass is 349 g/mol. The minimum absolute atomic E-state index is 0. The minimum Gasteiger partial charge on any atom is -1.00 e. The van der Waals surface area contributed by atoms with Crippen molar-refractivity contribution < 1.29 is 39.9 Å². The number of hydrogen-bond donors (Lipinski definition) is 1. The Kier molecular flexibility index (Phi) is 7.81. The Hall–Kier alpha value is -0.490. The van der Waals surface area contributed by atoms with Gasteiger partial charge in [0.15, 0.2) is 23.8 Å². The van der Waals surface area contributed by atoms with E-state index in [-0.39, 0.29) is 30.9 Å². The van der Waals surface area contributed by atoms with Crippen molar-refractivity contribution in [3.63, 3.8) is 0 Å². The van der Waals surface area contributed by atoms with Crippen molar-refractivity contribution in [3.8, 4) is 0 Å². The molecular weight excluding hydrogens is 329 g/mol. The van der Waals surface area contributed by atoms with E-state index in [1.54, 1.807) is 0 Å². The highest BCUT2D eigenvalue weighted by Crippen LogP contribution is 2.26. The van der Waals surface area contributed by atoms with Gasteiger partial charge in [0.05, 0.1) is 11.3 Å². The van der Waals surface area contributed by atoms with E-state index < -0.39 is 0 Å². The molecule has 3 heterocycles. The van der Waals surface area contributed by atoms with Crippen LogP contribution in [0, 0.1) is 0 Å². The van der Waals surface area contributed by atoms with Crippen LogP contribution in [0.4, 0.5) is 0 Å². The Labute approximate surface area is 142 Å². The van der Waals surface area contributed by atoms with Gasteiger partial charge < -0.3 is 35.0 Å². The van der Waals surface area contributed by atoms with Gasteiger partial charge in [0, 0.05) is 19.2 Å². The van der Waals surface area contributed by atoms with Crippen LogP contribution in [0.15, 0.2) is 24.5 Å². The second-order valence-electron chi connectivity index (χ2n) is 5.28. The highest BCUT2D eigenvalue weighted by Gasteiger charge is 2.38. The van der Waals surface area contributed by atoms with Crippen molar-refractivity contribution in [2.75, 3.05) is 18.8 Å². The molecule has 0 bridgehead atoms. The molecule has 2 fully saturated rings. The standard InChI is InChI=1S/C14H19N3OS.2ClH/c18-14(17-7-2-1-3-8-17)12-10-19-13(16-12)11-5-4-6-15-9-11;;/h4-6,9,12-13,16H,1-3,7-8,10H2;2*1H/t12-,13?;;/m0../s1. The lowest BCUT2D eigenvalue weighted by atomic mass is 10.1. The zero-order valence-electron chi connectivity index (χ0n) is 11.8. The van der Waals surface area contributed by atoms with Gasteiger partial charge in [-0.15, -0.1) is 0 Å². The number of nitrogens with two attached hydrogens (primary N) is 1. The molecule has 1 aromatic heterocycles. The Morgan fingerprint density at radius 2 is 2.05 bits per heavy atom. The maximum Gasteiger partial charge on any atom is 0.281 e. The molecule has 0 aromatic carbocycles. The first-order valence-corrected chi connectivity index (χ1v) is 8.11. The van der Waals surface area contributed by atoms with E-state index in [1.807, 2.05) is 30.2 Å². The maximum absolute atomic E-state index is 12.5. The van der Waals surface area contributed by atoms with Crippen molar-refractivity contribution in [3.05, 3.63) is 30.1 Å². The molecule has 1 aromatic rings. The Bertz CT molecular complexity index is 443. The molecule has 2 atom stereocenters. The van der Waals surface area contributed by atoms with Crippen LogP contribution in [0.1, 0.15) is 30.2 Å². The first-order valence-electron chi connectivity index (χ1n) is 7.06. The average molecular weight is 350 g/mol. The number of rotatable bonds is 2. The number of quaternary nitrogens is 1. The normalized spacial score (nSPS) is 24.9. The summed E-state index contributed by atoms with van der Waals surface area (Å²) in [6.45, 7) is 1.91. The quantitative estimate of drug-likeness (QED) is 0.578. The van der Waals surface area contributed by atoms with E-state index in [9.17, 15) is 4.79 Å². The molecule has 21 heavy (non-hydrogen) atoms. The summed E-state index contributed by atoms with van der Waals surface area (Å²) in [5.74, 6) is 1.27. The number of aromatic nitrogens is 1. The van der Waals surface area contributed by atoms with Crippen molar-refractivity contribution in [1.29, 1.82) is 0 Å². The number of thioether (sulfide) groups is 1. The molecule has 1 unspecified atom stereocenters. The van der Waals surface area contributed by atoms with Gasteiger partial charge in [-0.3, -0.25) is 4.79 Å². The van der Waals surface area contributed by atoms with Crippen molar-refractivity contribution in [2.45, 2.75) is 30.7 Å². The van der Waals surface area contributed by atoms with Crippen LogP contribution < -0.4 is 35.1 Å². The molecule has 0 saturated carbocycles. The number of hydrogen-bond acceptors (Lipinski definition) is 2. The summed E-state index contributed by atoms with van der Waals surface area (Å²) < 4.78 is 0. The molecule has 7 heteroatoms. The number of H-pyrrole nitrogens is 1. The Morgan fingerprint density at radius 3 is 2.71 bits per heavy atom. The Morgan fingerprint density at radius 1 is 1.29 bits per heavy atom. The summed E-state index contributed by atoms with van der Waals surface area (Å²) in [6.07, 6.45) is 7.56. The summed E-state index contributed by atoms with van der Waals surface area (Å²) in [7, 11) is 0. The largest absolute Gasteiger partial charge is 1.00 e. The summed E-state index contributed by atoms with van der Waals surface area (Å²) >= 11 is 1.87. The van der Waals surface area contributed by atoms with Crippen LogP contribution in [0.2, 0.25) is 0 Å². The van der Waals surface area contributed by atoms with Crippen LogP contribution in [0.25, 0.3) is 0 Å². The highest BCUT2D eigenvalue weighted by atomic mass is 35.5. The molecule has 0 aliphatic carbocycles. The molecule has 4 nitrogen and oxygen atoms in total. The van der Waals surface area contributed by atoms with Gasteiger partial charge in [-0.2, -0.15) is 0 Å². The average Bonchev–Trinajstić information content (AvgIpc) is 2.98. The molecule has 3 rings (SSSR count). The molecule has 2 aliphatic heterocycles. The van der Waals surface area contributed by atoms with Gasteiger partial charge in [0.2, 0.25) is 0 Å². The molecule has 118 valence electrons. The number of nitrogens with zero attached hydrogens (tertiary/aromatic N) is 1. The van der Waals surface area contributed by atoms with Gasteiger partial charge in [-0.25, -0.2) is 4.98 Å². The number of carbonyl (C=O) groups is 1. The second kappa shape index (κ2) is 8.83. The Balaban J connectivity index is 0.00000110. The number of amides is 1. The fraction of sp³-hybridized carbons (Fsp3) is 0.571. The molecule has 3 N–H and O–H groups in total. The number of likely N-dealkylation sites (tertiary alicyclic amines) is 1. The summed E-state index contributed by atoms with van der Waals surface area (Å²) in [6, 6.07) is 4.25. The molecule has 0 radical (unpaired) electrons. The number of aromatic amines is 1. The van der Waals surface area contributed by atoms with Gasteiger partial charge in [0.1, 0.15) is 0 Å². The third-order valence-corrected chi connectivity index (χ3v) is 5.25. The fourth-order valence-electron chi connectivity index (χ4n) is 2.82. The van der Waals surface area contributed by atoms with Crippen LogP contribution in [0.5, 0.6) is 0 Å². The van der Waals surface area contributed by atoms with Crippen molar-refractivity contribution in [1.82, 2.24) is 4.90 Å². The fourth-order valence-corrected chi connectivity index (χ4v) is 4.13. The van der Waals surface area contributed by atoms with Gasteiger partial charge >= 0.3 is 0 Å². The number of pyridine rings is 1. The lowest BCUT2D eigenvalue weighted by Crippen LogP contribution is -3.00. The molecule has 1 amide bonds. The van der Waals surface area contributed by atoms with E-state index >= 15 is 0 Å². The molecule has 2 saturated heterocycles. The summed E-state index contributed by atoms with van der Waals surface area (Å²) in [4.78, 5) is 17.6. The number of piperidine rings is 1. The van der Waals surface area contributed by atoms with Crippen LogP contribution in [-0.4, -0.2) is 35.7 Å². The van der Waals surface area contributed by atoms with E-state index in [2.05, 4.69) is 21.3 Å². The number of halogens is 2. The van der Waals surface area contributed by atoms with Gasteiger partial charge in [-0.05, 0) is 25.3 Å². The third-order valence-electron chi connectivity index (χ3n) is 3.91. The van der Waals surface area contributed by atoms with Crippen LogP contribution >= 0.6 is 11.8 Å². The molecule has 2 aliphatic rings. The van der Waals surface area contributed by atoms with E-state index in [0.29, 0.717) is 11.3 Å². The van der Waals surface area contributed by atoms with E-state index in [4.69, 9.17) is 0 Å². The predicted molar refractivity (Wildman–Crippen MR) is 74.3 cm³/mol. The first kappa shape index (κ1) is 18.6. The maximum atomic E-state index is 12.5. The number of nitrogens with one attached hydrogen (secondary N) is 1. The topological polar surface area (TPSA) is 51.1 Å². The zero-order chi connectivity index (χ0) is 13.1. The van der Waals surface area contributed by atoms with E-state index in [1.165, 1.54) is 24.8 Å². The minimum atomic E-state index is 0. The first-order chi connectivity index (χ1) is 9.34. The molecular formula is C14H21Cl2N3OS. The van der Waals surface area contributed by atoms with E-state index in [0.717, 1.165) is 18.8 Å². The molecule has 0 spiro atoms. The summed E-state index contributed by atoms with van der Waals surface area (Å²) in [5, 5.41) is 2.58. The second-order valence-corrected chi connectivity index (χ2v) is 6.45. The lowest BCUT2D eigenvalue weighted by molar-refractivity contribution is -0.685. The third kappa shape index (κ3) is 4.49. The van der Waals surface area contributed by atoms with Crippen LogP contribution in [0.3, 0.4) is 0 Å². The zero-order valence-corrected chi connectivity index (χ0v) is 14.1. The lowest BCUT2D eigenvalue weighted by Gasteiger charge is -2.27. The van der Waals surface area contributed by atoms with Crippen molar-refractivity contribution in [2.24, 2.45) is 0 Å². The predicted octanol–water partition coefficient (Wildman–Crippen LogP) is -5.80. The summed E-state index contributed by atoms with van der Waals surface area (Å²) in [5.41, 5.74) is 1.27. The highest BCUT2D eigenvalue weighted by molar-refractivity contribution is 7.99. The number of carbonyl (C=O) groups excluding carboxylic acids is 1. The smallest absolute Gasteiger partial charge is 0.281 e.